The lowest BCUT2D eigenvalue weighted by molar-refractivity contribution is -0.126. The van der Waals surface area contributed by atoms with Crippen LogP contribution in [0.2, 0.25) is 0 Å². The molecule has 1 heterocycles. The van der Waals surface area contributed by atoms with Crippen LogP contribution in [0.1, 0.15) is 16.7 Å². The first-order valence-electron chi connectivity index (χ1n) is 9.17. The topological polar surface area (TPSA) is 93.9 Å². The summed E-state index contributed by atoms with van der Waals surface area (Å²) in [6, 6.07) is 15.0. The van der Waals surface area contributed by atoms with Crippen LogP contribution < -0.4 is 0 Å². The van der Waals surface area contributed by atoms with Gasteiger partial charge in [-0.25, -0.2) is 0 Å². The summed E-state index contributed by atoms with van der Waals surface area (Å²) in [5.74, 6) is -0.408. The fourth-order valence-corrected chi connectivity index (χ4v) is 2.82. The number of hydrogen-bond donors (Lipinski definition) is 3. The van der Waals surface area contributed by atoms with Crippen molar-refractivity contribution in [1.82, 2.24) is 9.88 Å². The van der Waals surface area contributed by atoms with Gasteiger partial charge in [-0.3, -0.25) is 9.78 Å². The first-order valence-corrected chi connectivity index (χ1v) is 9.17. The quantitative estimate of drug-likeness (QED) is 0.424. The van der Waals surface area contributed by atoms with Crippen LogP contribution in [0.15, 0.2) is 73.1 Å². The van der Waals surface area contributed by atoms with Crippen LogP contribution in [0.5, 0.6) is 17.2 Å². The summed E-state index contributed by atoms with van der Waals surface area (Å²) in [6.45, 7) is 0.932. The van der Waals surface area contributed by atoms with Gasteiger partial charge in [0.15, 0.2) is 11.5 Å². The van der Waals surface area contributed by atoms with E-state index in [1.807, 2.05) is 24.3 Å². The number of pyridine rings is 1. The molecule has 1 amide bonds. The van der Waals surface area contributed by atoms with Crippen molar-refractivity contribution in [2.75, 3.05) is 6.54 Å². The Bertz CT molecular complexity index is 986. The molecule has 3 rings (SSSR count). The van der Waals surface area contributed by atoms with Crippen molar-refractivity contribution in [1.29, 1.82) is 0 Å². The molecule has 0 bridgehead atoms. The monoisotopic (exact) mass is 390 g/mol. The van der Waals surface area contributed by atoms with E-state index in [0.717, 1.165) is 11.1 Å². The third-order valence-electron chi connectivity index (χ3n) is 4.46. The molecule has 6 nitrogen and oxygen atoms in total. The Hall–Kier alpha value is -3.80. The minimum Gasteiger partial charge on any atom is -0.508 e. The van der Waals surface area contributed by atoms with Crippen LogP contribution in [-0.2, 0) is 17.8 Å². The molecule has 3 aromatic rings. The second-order valence-electron chi connectivity index (χ2n) is 6.61. The lowest BCUT2D eigenvalue weighted by atomic mass is 10.1. The molecule has 0 fully saturated rings. The van der Waals surface area contributed by atoms with Crippen molar-refractivity contribution in [3.63, 3.8) is 0 Å². The van der Waals surface area contributed by atoms with Crippen LogP contribution in [0.3, 0.4) is 0 Å². The number of carbonyl (C=O) groups is 1. The molecule has 0 radical (unpaired) electrons. The van der Waals surface area contributed by atoms with Crippen molar-refractivity contribution in [2.24, 2.45) is 0 Å². The number of hydrogen-bond acceptors (Lipinski definition) is 5. The van der Waals surface area contributed by atoms with E-state index in [1.165, 1.54) is 18.2 Å². The SMILES string of the molecule is O=C(/C=C/c1ccc(O)c(O)c1)N(CCc1ccc(O)cc1)Cc1ccncc1. The molecule has 2 aromatic carbocycles. The maximum atomic E-state index is 12.8. The van der Waals surface area contributed by atoms with E-state index < -0.39 is 0 Å². The maximum absolute atomic E-state index is 12.8. The summed E-state index contributed by atoms with van der Waals surface area (Å²) in [7, 11) is 0. The highest BCUT2D eigenvalue weighted by Gasteiger charge is 2.12. The van der Waals surface area contributed by atoms with Crippen LogP contribution >= 0.6 is 0 Å². The summed E-state index contributed by atoms with van der Waals surface area (Å²) in [5, 5.41) is 28.4. The van der Waals surface area contributed by atoms with Gasteiger partial charge in [0.1, 0.15) is 5.75 Å². The van der Waals surface area contributed by atoms with Gasteiger partial charge in [-0.15, -0.1) is 0 Å². The van der Waals surface area contributed by atoms with Crippen LogP contribution in [0, 0.1) is 0 Å². The van der Waals surface area contributed by atoms with Crippen LogP contribution in [-0.4, -0.2) is 37.7 Å². The highest BCUT2D eigenvalue weighted by atomic mass is 16.3. The van der Waals surface area contributed by atoms with Crippen molar-refractivity contribution in [2.45, 2.75) is 13.0 Å². The van der Waals surface area contributed by atoms with E-state index >= 15 is 0 Å². The summed E-state index contributed by atoms with van der Waals surface area (Å²) in [5.41, 5.74) is 2.59. The zero-order valence-corrected chi connectivity index (χ0v) is 15.8. The smallest absolute Gasteiger partial charge is 0.246 e. The van der Waals surface area contributed by atoms with Crippen molar-refractivity contribution < 1.29 is 20.1 Å². The van der Waals surface area contributed by atoms with Crippen LogP contribution in [0.4, 0.5) is 0 Å². The number of phenols is 3. The molecule has 0 aliphatic rings. The third-order valence-corrected chi connectivity index (χ3v) is 4.46. The molecule has 0 saturated heterocycles. The molecule has 0 aliphatic carbocycles. The zero-order chi connectivity index (χ0) is 20.6. The highest BCUT2D eigenvalue weighted by molar-refractivity contribution is 5.91. The standard InChI is InChI=1S/C23H22N2O4/c26-20-5-1-17(2-6-20)11-14-25(16-19-9-12-24-13-10-19)23(29)8-4-18-3-7-21(27)22(28)15-18/h1-10,12-13,15,26-28H,11,14,16H2/b8-4+. The molecule has 29 heavy (non-hydrogen) atoms. The number of aromatic hydroxyl groups is 3. The van der Waals surface area contributed by atoms with Gasteiger partial charge in [0, 0.05) is 31.6 Å². The highest BCUT2D eigenvalue weighted by Crippen LogP contribution is 2.25. The Balaban J connectivity index is 1.73. The predicted molar refractivity (Wildman–Crippen MR) is 110 cm³/mol. The van der Waals surface area contributed by atoms with Gasteiger partial charge in [0.2, 0.25) is 5.91 Å². The van der Waals surface area contributed by atoms with Gasteiger partial charge in [0.25, 0.3) is 0 Å². The lowest BCUT2D eigenvalue weighted by Crippen LogP contribution is -2.31. The van der Waals surface area contributed by atoms with E-state index in [4.69, 9.17) is 0 Å². The van der Waals surface area contributed by atoms with E-state index in [1.54, 1.807) is 41.6 Å². The van der Waals surface area contributed by atoms with Crippen molar-refractivity contribution in [3.8, 4) is 17.2 Å². The third kappa shape index (κ3) is 5.84. The van der Waals surface area contributed by atoms with E-state index in [2.05, 4.69) is 4.98 Å². The summed E-state index contributed by atoms with van der Waals surface area (Å²) < 4.78 is 0. The molecule has 0 spiro atoms. The number of phenolic OH excluding ortho intramolecular Hbond substituents is 3. The minimum atomic E-state index is -0.236. The molecule has 3 N–H and O–H groups in total. The molecule has 148 valence electrons. The fourth-order valence-electron chi connectivity index (χ4n) is 2.82. The zero-order valence-electron chi connectivity index (χ0n) is 15.8. The molecule has 1 aromatic heterocycles. The van der Waals surface area contributed by atoms with Gasteiger partial charge in [-0.1, -0.05) is 18.2 Å². The molecular weight excluding hydrogens is 368 g/mol. The van der Waals surface area contributed by atoms with E-state index in [-0.39, 0.29) is 23.2 Å². The maximum Gasteiger partial charge on any atom is 0.246 e. The van der Waals surface area contributed by atoms with Gasteiger partial charge >= 0.3 is 0 Å². The summed E-state index contributed by atoms with van der Waals surface area (Å²) >= 11 is 0. The largest absolute Gasteiger partial charge is 0.508 e. The molecule has 0 atom stereocenters. The Morgan fingerprint density at radius 1 is 0.897 bits per heavy atom. The number of benzene rings is 2. The van der Waals surface area contributed by atoms with Gasteiger partial charge in [0.05, 0.1) is 0 Å². The van der Waals surface area contributed by atoms with Gasteiger partial charge in [-0.2, -0.15) is 0 Å². The van der Waals surface area contributed by atoms with Gasteiger partial charge in [-0.05, 0) is 65.6 Å². The second kappa shape index (κ2) is 9.41. The number of carbonyl (C=O) groups excluding carboxylic acids is 1. The molecule has 0 saturated carbocycles. The Labute approximate surface area is 169 Å². The molecular formula is C23H22N2O4. The number of aromatic nitrogens is 1. The fraction of sp³-hybridized carbons (Fsp3) is 0.130. The Morgan fingerprint density at radius 3 is 2.31 bits per heavy atom. The molecule has 0 aliphatic heterocycles. The van der Waals surface area contributed by atoms with E-state index in [9.17, 15) is 20.1 Å². The van der Waals surface area contributed by atoms with Crippen LogP contribution in [0.25, 0.3) is 6.08 Å². The van der Waals surface area contributed by atoms with Crippen molar-refractivity contribution >= 4 is 12.0 Å². The number of rotatable bonds is 7. The average Bonchev–Trinajstić information content (AvgIpc) is 2.73. The number of nitrogens with zero attached hydrogens (tertiary/aromatic N) is 2. The molecule has 0 unspecified atom stereocenters. The van der Waals surface area contributed by atoms with E-state index in [0.29, 0.717) is 25.1 Å². The number of amides is 1. The first kappa shape index (κ1) is 19.9. The van der Waals surface area contributed by atoms with Crippen molar-refractivity contribution in [3.05, 3.63) is 89.8 Å². The average molecular weight is 390 g/mol. The predicted octanol–water partition coefficient (Wildman–Crippen LogP) is 3.48. The normalized spacial score (nSPS) is 10.9. The second-order valence-corrected chi connectivity index (χ2v) is 6.61. The Morgan fingerprint density at radius 2 is 1.62 bits per heavy atom. The summed E-state index contributed by atoms with van der Waals surface area (Å²) in [4.78, 5) is 18.5. The molecule has 6 heteroatoms. The first-order chi connectivity index (χ1) is 14.0. The minimum absolute atomic E-state index is 0.173. The lowest BCUT2D eigenvalue weighted by Gasteiger charge is -2.21. The van der Waals surface area contributed by atoms with Gasteiger partial charge < -0.3 is 20.2 Å². The Kier molecular flexibility index (Phi) is 6.47. The summed E-state index contributed by atoms with van der Waals surface area (Å²) in [6.07, 6.45) is 7.07.